The number of alkyl halides is 3. The van der Waals surface area contributed by atoms with Gasteiger partial charge in [0.05, 0.1) is 0 Å². The maximum absolute atomic E-state index is 12.2. The fourth-order valence-electron chi connectivity index (χ4n) is 1.43. The Morgan fingerprint density at radius 3 is 2.13 bits per heavy atom. The number of carbonyl (C=O) groups is 2. The van der Waals surface area contributed by atoms with Gasteiger partial charge in [0, 0.05) is 0 Å². The van der Waals surface area contributed by atoms with Crippen LogP contribution < -0.4 is 14.8 Å². The quantitative estimate of drug-likeness (QED) is 0.796. The predicted octanol–water partition coefficient (Wildman–Crippen LogP) is 1.99. The third-order valence-electron chi connectivity index (χ3n) is 2.59. The van der Waals surface area contributed by atoms with Crippen LogP contribution in [0.2, 0.25) is 0 Å². The second-order valence-electron chi connectivity index (χ2n) is 5.12. The highest BCUT2D eigenvalue weighted by Gasteiger charge is 2.30. The van der Waals surface area contributed by atoms with Crippen LogP contribution in [0, 0.1) is 0 Å². The second-order valence-corrected chi connectivity index (χ2v) is 5.12. The zero-order valence-corrected chi connectivity index (χ0v) is 12.4. The standard InChI is InChI=1S/C14H16F3NO5/c1-13(2,12(20)21)18-11(19)7-22-9-5-3-4-6-10(9)23-8-14(15,16)17/h3-6H,7-8H2,1-2H3,(H,18,19)(H,20,21). The second kappa shape index (κ2) is 7.21. The van der Waals surface area contributed by atoms with Crippen LogP contribution in [-0.2, 0) is 9.59 Å². The van der Waals surface area contributed by atoms with Crippen molar-refractivity contribution in [2.24, 2.45) is 0 Å². The van der Waals surface area contributed by atoms with Crippen LogP contribution >= 0.6 is 0 Å². The summed E-state index contributed by atoms with van der Waals surface area (Å²) in [5.41, 5.74) is -1.49. The van der Waals surface area contributed by atoms with Crippen molar-refractivity contribution in [3.05, 3.63) is 24.3 Å². The van der Waals surface area contributed by atoms with Crippen molar-refractivity contribution in [2.75, 3.05) is 13.2 Å². The van der Waals surface area contributed by atoms with Crippen molar-refractivity contribution < 1.29 is 37.3 Å². The number of benzene rings is 1. The molecule has 0 aliphatic heterocycles. The Morgan fingerprint density at radius 1 is 1.13 bits per heavy atom. The molecule has 128 valence electrons. The third kappa shape index (κ3) is 6.45. The van der Waals surface area contributed by atoms with E-state index in [-0.39, 0.29) is 11.5 Å². The Bertz CT molecular complexity index is 572. The van der Waals surface area contributed by atoms with Gasteiger partial charge in [-0.05, 0) is 26.0 Å². The van der Waals surface area contributed by atoms with Crippen LogP contribution in [0.1, 0.15) is 13.8 Å². The molecule has 1 rings (SSSR count). The molecule has 0 unspecified atom stereocenters. The van der Waals surface area contributed by atoms with E-state index in [4.69, 9.17) is 9.84 Å². The molecule has 0 saturated heterocycles. The van der Waals surface area contributed by atoms with E-state index in [0.717, 1.165) is 0 Å². The maximum Gasteiger partial charge on any atom is 0.422 e. The molecule has 23 heavy (non-hydrogen) atoms. The number of aliphatic carboxylic acids is 1. The Morgan fingerprint density at radius 2 is 1.65 bits per heavy atom. The summed E-state index contributed by atoms with van der Waals surface area (Å²) in [6.07, 6.45) is -4.50. The van der Waals surface area contributed by atoms with Gasteiger partial charge in [-0.2, -0.15) is 13.2 Å². The molecule has 0 aromatic heterocycles. The lowest BCUT2D eigenvalue weighted by molar-refractivity contribution is -0.153. The van der Waals surface area contributed by atoms with Crippen molar-refractivity contribution in [1.29, 1.82) is 0 Å². The summed E-state index contributed by atoms with van der Waals surface area (Å²) in [7, 11) is 0. The summed E-state index contributed by atoms with van der Waals surface area (Å²) in [4.78, 5) is 22.5. The van der Waals surface area contributed by atoms with E-state index in [9.17, 15) is 22.8 Å². The maximum atomic E-state index is 12.2. The number of amides is 1. The molecule has 2 N–H and O–H groups in total. The molecule has 0 fully saturated rings. The summed E-state index contributed by atoms with van der Waals surface area (Å²) in [5.74, 6) is -2.20. The van der Waals surface area contributed by atoms with E-state index in [2.05, 4.69) is 10.1 Å². The SMILES string of the molecule is CC(C)(NC(=O)COc1ccccc1OCC(F)(F)F)C(=O)O. The minimum Gasteiger partial charge on any atom is -0.480 e. The molecule has 0 heterocycles. The van der Waals surface area contributed by atoms with Crippen molar-refractivity contribution in [3.63, 3.8) is 0 Å². The van der Waals surface area contributed by atoms with Gasteiger partial charge in [-0.25, -0.2) is 4.79 Å². The van der Waals surface area contributed by atoms with E-state index in [0.29, 0.717) is 0 Å². The first kappa shape index (κ1) is 18.6. The number of ether oxygens (including phenoxy) is 2. The fourth-order valence-corrected chi connectivity index (χ4v) is 1.43. The summed E-state index contributed by atoms with van der Waals surface area (Å²) >= 11 is 0. The van der Waals surface area contributed by atoms with Gasteiger partial charge >= 0.3 is 12.1 Å². The largest absolute Gasteiger partial charge is 0.480 e. The molecule has 1 aromatic rings. The van der Waals surface area contributed by atoms with Crippen LogP contribution in [0.5, 0.6) is 11.5 Å². The molecular formula is C14H16F3NO5. The fraction of sp³-hybridized carbons (Fsp3) is 0.429. The van der Waals surface area contributed by atoms with Crippen molar-refractivity contribution >= 4 is 11.9 Å². The van der Waals surface area contributed by atoms with Gasteiger partial charge in [-0.3, -0.25) is 4.79 Å². The number of nitrogens with one attached hydrogen (secondary N) is 1. The van der Waals surface area contributed by atoms with Gasteiger partial charge in [0.1, 0.15) is 5.54 Å². The topological polar surface area (TPSA) is 84.9 Å². The van der Waals surface area contributed by atoms with Crippen molar-refractivity contribution in [1.82, 2.24) is 5.32 Å². The zero-order chi connectivity index (χ0) is 17.7. The molecule has 0 aliphatic rings. The van der Waals surface area contributed by atoms with Crippen molar-refractivity contribution in [3.8, 4) is 11.5 Å². The highest BCUT2D eigenvalue weighted by atomic mass is 19.4. The number of carbonyl (C=O) groups excluding carboxylic acids is 1. The lowest BCUT2D eigenvalue weighted by Crippen LogP contribution is -2.51. The van der Waals surface area contributed by atoms with Gasteiger partial charge in [-0.1, -0.05) is 12.1 Å². The van der Waals surface area contributed by atoms with E-state index >= 15 is 0 Å². The average molecular weight is 335 g/mol. The van der Waals surface area contributed by atoms with Gasteiger partial charge in [0.2, 0.25) is 0 Å². The Balaban J connectivity index is 2.64. The van der Waals surface area contributed by atoms with Crippen LogP contribution in [-0.4, -0.2) is 41.9 Å². The normalized spacial score (nSPS) is 11.7. The number of rotatable bonds is 7. The number of halogens is 3. The molecule has 0 aliphatic carbocycles. The first-order valence-corrected chi connectivity index (χ1v) is 6.47. The molecule has 1 aromatic carbocycles. The van der Waals surface area contributed by atoms with E-state index in [1.165, 1.54) is 38.1 Å². The Kier molecular flexibility index (Phi) is 5.83. The third-order valence-corrected chi connectivity index (χ3v) is 2.59. The highest BCUT2D eigenvalue weighted by molar-refractivity contribution is 5.86. The van der Waals surface area contributed by atoms with E-state index in [1.807, 2.05) is 0 Å². The average Bonchev–Trinajstić information content (AvgIpc) is 2.42. The minimum absolute atomic E-state index is 0.0555. The Labute approximate surface area is 130 Å². The molecule has 0 spiro atoms. The summed E-state index contributed by atoms with van der Waals surface area (Å²) in [6.45, 7) is 0.510. The Hall–Kier alpha value is -2.45. The molecule has 1 amide bonds. The smallest absolute Gasteiger partial charge is 0.422 e. The first-order chi connectivity index (χ1) is 10.5. The van der Waals surface area contributed by atoms with Gasteiger partial charge in [-0.15, -0.1) is 0 Å². The number of carboxylic acids is 1. The monoisotopic (exact) mass is 335 g/mol. The number of para-hydroxylation sites is 2. The molecule has 0 atom stereocenters. The highest BCUT2D eigenvalue weighted by Crippen LogP contribution is 2.28. The molecule has 0 bridgehead atoms. The molecule has 9 heteroatoms. The minimum atomic E-state index is -4.50. The van der Waals surface area contributed by atoms with Crippen LogP contribution in [0.4, 0.5) is 13.2 Å². The molecule has 0 saturated carbocycles. The van der Waals surface area contributed by atoms with Crippen molar-refractivity contribution in [2.45, 2.75) is 25.6 Å². The number of hydrogen-bond acceptors (Lipinski definition) is 4. The lowest BCUT2D eigenvalue weighted by atomic mass is 10.1. The van der Waals surface area contributed by atoms with Gasteiger partial charge in [0.25, 0.3) is 5.91 Å². The van der Waals surface area contributed by atoms with Gasteiger partial charge in [0.15, 0.2) is 24.7 Å². The molecular weight excluding hydrogens is 319 g/mol. The van der Waals surface area contributed by atoms with Crippen LogP contribution in [0.25, 0.3) is 0 Å². The van der Waals surface area contributed by atoms with Crippen LogP contribution in [0.15, 0.2) is 24.3 Å². The van der Waals surface area contributed by atoms with Gasteiger partial charge < -0.3 is 19.9 Å². The first-order valence-electron chi connectivity index (χ1n) is 6.47. The predicted molar refractivity (Wildman–Crippen MR) is 73.3 cm³/mol. The van der Waals surface area contributed by atoms with E-state index < -0.39 is 36.8 Å². The molecule has 6 nitrogen and oxygen atoms in total. The number of hydrogen-bond donors (Lipinski definition) is 2. The summed E-state index contributed by atoms with van der Waals surface area (Å²) in [5, 5.41) is 11.1. The summed E-state index contributed by atoms with van der Waals surface area (Å²) in [6, 6.07) is 5.54. The zero-order valence-electron chi connectivity index (χ0n) is 12.4. The summed E-state index contributed by atoms with van der Waals surface area (Å²) < 4.78 is 46.2. The van der Waals surface area contributed by atoms with E-state index in [1.54, 1.807) is 0 Å². The van der Waals surface area contributed by atoms with Crippen LogP contribution in [0.3, 0.4) is 0 Å². The molecule has 0 radical (unpaired) electrons. The lowest BCUT2D eigenvalue weighted by Gasteiger charge is -2.21. The number of carboxylic acid groups (broad SMARTS) is 1.